The van der Waals surface area contributed by atoms with Crippen molar-refractivity contribution >= 4 is 0 Å². The summed E-state index contributed by atoms with van der Waals surface area (Å²) in [5.41, 5.74) is 1.93. The Bertz CT molecular complexity index is 455. The Labute approximate surface area is 114 Å². The summed E-state index contributed by atoms with van der Waals surface area (Å²) in [6, 6.07) is 5.86. The average molecular weight is 263 g/mol. The largest absolute Gasteiger partial charge is 0.312 e. The van der Waals surface area contributed by atoms with Gasteiger partial charge in [-0.3, -0.25) is 9.80 Å². The Balaban J connectivity index is 1.90. The van der Waals surface area contributed by atoms with E-state index in [0.29, 0.717) is 6.04 Å². The van der Waals surface area contributed by atoms with Crippen molar-refractivity contribution in [2.24, 2.45) is 0 Å². The van der Waals surface area contributed by atoms with Gasteiger partial charge in [0.2, 0.25) is 0 Å². The Morgan fingerprint density at radius 1 is 1.26 bits per heavy atom. The minimum Gasteiger partial charge on any atom is -0.312 e. The fraction of sp³-hybridized carbons (Fsp3) is 0.600. The highest BCUT2D eigenvalue weighted by Crippen LogP contribution is 2.29. The molecule has 0 radical (unpaired) electrons. The lowest BCUT2D eigenvalue weighted by atomic mass is 9.93. The van der Waals surface area contributed by atoms with Crippen LogP contribution in [0, 0.1) is 12.7 Å². The van der Waals surface area contributed by atoms with Crippen molar-refractivity contribution in [1.82, 2.24) is 15.1 Å². The summed E-state index contributed by atoms with van der Waals surface area (Å²) in [7, 11) is 1.94. The fourth-order valence-electron chi connectivity index (χ4n) is 3.43. The monoisotopic (exact) mass is 263 g/mol. The zero-order valence-corrected chi connectivity index (χ0v) is 11.7. The number of rotatable bonds is 3. The lowest BCUT2D eigenvalue weighted by molar-refractivity contribution is -0.00304. The molecule has 104 valence electrons. The van der Waals surface area contributed by atoms with Crippen LogP contribution in [0.2, 0.25) is 0 Å². The first-order valence-corrected chi connectivity index (χ1v) is 7.09. The number of benzene rings is 1. The third kappa shape index (κ3) is 2.40. The van der Waals surface area contributed by atoms with Gasteiger partial charge >= 0.3 is 0 Å². The van der Waals surface area contributed by atoms with E-state index in [1.165, 1.54) is 0 Å². The molecule has 3 nitrogen and oxygen atoms in total. The molecule has 2 bridgehead atoms. The van der Waals surface area contributed by atoms with Crippen molar-refractivity contribution in [3.63, 3.8) is 0 Å². The second-order valence-corrected chi connectivity index (χ2v) is 5.70. The van der Waals surface area contributed by atoms with Gasteiger partial charge in [0.15, 0.2) is 0 Å². The van der Waals surface area contributed by atoms with Crippen LogP contribution in [0.15, 0.2) is 18.2 Å². The Kier molecular flexibility index (Phi) is 3.56. The lowest BCUT2D eigenvalue weighted by Crippen LogP contribution is -2.63. The van der Waals surface area contributed by atoms with Crippen LogP contribution >= 0.6 is 0 Å². The van der Waals surface area contributed by atoms with E-state index in [4.69, 9.17) is 0 Å². The van der Waals surface area contributed by atoms with Crippen LogP contribution in [0.5, 0.6) is 0 Å². The van der Waals surface area contributed by atoms with Crippen LogP contribution in [0.4, 0.5) is 4.39 Å². The summed E-state index contributed by atoms with van der Waals surface area (Å²) >= 11 is 0. The zero-order chi connectivity index (χ0) is 13.4. The van der Waals surface area contributed by atoms with E-state index < -0.39 is 0 Å². The van der Waals surface area contributed by atoms with Gasteiger partial charge in [-0.05, 0) is 20.0 Å². The topological polar surface area (TPSA) is 18.5 Å². The maximum atomic E-state index is 14.1. The highest BCUT2D eigenvalue weighted by atomic mass is 19.1. The quantitative estimate of drug-likeness (QED) is 0.889. The van der Waals surface area contributed by atoms with E-state index in [2.05, 4.69) is 15.1 Å². The molecule has 0 saturated carbocycles. The molecule has 2 atom stereocenters. The SMILES string of the molecule is CNC(c1cc(C)ccc1F)C1CN2CCN1CC2. The van der Waals surface area contributed by atoms with Crippen molar-refractivity contribution in [3.05, 3.63) is 35.1 Å². The minimum absolute atomic E-state index is 0.0722. The molecule has 3 aliphatic heterocycles. The molecule has 0 spiro atoms. The van der Waals surface area contributed by atoms with Crippen LogP contribution in [0.1, 0.15) is 17.2 Å². The molecule has 3 saturated heterocycles. The van der Waals surface area contributed by atoms with Crippen LogP contribution in [0.25, 0.3) is 0 Å². The molecule has 1 N–H and O–H groups in total. The molecule has 3 aliphatic rings. The van der Waals surface area contributed by atoms with Gasteiger partial charge in [0.1, 0.15) is 5.82 Å². The molecule has 2 unspecified atom stereocenters. The first-order valence-electron chi connectivity index (χ1n) is 7.09. The number of nitrogens with zero attached hydrogens (tertiary/aromatic N) is 2. The maximum absolute atomic E-state index is 14.1. The van der Waals surface area contributed by atoms with Gasteiger partial charge in [-0.2, -0.15) is 0 Å². The van der Waals surface area contributed by atoms with Gasteiger partial charge in [0.25, 0.3) is 0 Å². The second-order valence-electron chi connectivity index (χ2n) is 5.70. The van der Waals surface area contributed by atoms with Crippen LogP contribution < -0.4 is 5.32 Å². The number of fused-ring (bicyclic) bond motifs is 3. The Hall–Kier alpha value is -0.970. The van der Waals surface area contributed by atoms with Gasteiger partial charge in [0, 0.05) is 44.3 Å². The molecule has 4 rings (SSSR count). The van der Waals surface area contributed by atoms with Crippen LogP contribution in [0.3, 0.4) is 0 Å². The van der Waals surface area contributed by atoms with Gasteiger partial charge in [-0.15, -0.1) is 0 Å². The molecule has 3 fully saturated rings. The molecular weight excluding hydrogens is 241 g/mol. The molecule has 0 amide bonds. The molecule has 1 aromatic rings. The summed E-state index contributed by atoms with van der Waals surface area (Å²) in [4.78, 5) is 4.99. The van der Waals surface area contributed by atoms with Crippen molar-refractivity contribution < 1.29 is 4.39 Å². The molecule has 1 aromatic carbocycles. The minimum atomic E-state index is -0.0948. The fourth-order valence-corrected chi connectivity index (χ4v) is 3.43. The highest BCUT2D eigenvalue weighted by Gasteiger charge is 2.37. The number of piperazine rings is 3. The normalized spacial score (nSPS) is 31.4. The van der Waals surface area contributed by atoms with E-state index in [1.54, 1.807) is 6.07 Å². The van der Waals surface area contributed by atoms with E-state index in [-0.39, 0.29) is 11.9 Å². The first-order chi connectivity index (χ1) is 9.19. The molecule has 3 heterocycles. The summed E-state index contributed by atoms with van der Waals surface area (Å²) < 4.78 is 14.1. The van der Waals surface area contributed by atoms with E-state index in [9.17, 15) is 4.39 Å². The lowest BCUT2D eigenvalue weighted by Gasteiger charge is -2.50. The van der Waals surface area contributed by atoms with Crippen molar-refractivity contribution in [3.8, 4) is 0 Å². The van der Waals surface area contributed by atoms with Crippen LogP contribution in [-0.2, 0) is 0 Å². The number of aryl methyl sites for hydroxylation is 1. The first kappa shape index (κ1) is 13.0. The predicted molar refractivity (Wildman–Crippen MR) is 74.7 cm³/mol. The van der Waals surface area contributed by atoms with E-state index in [0.717, 1.165) is 43.9 Å². The van der Waals surface area contributed by atoms with Gasteiger partial charge in [0.05, 0.1) is 6.04 Å². The number of likely N-dealkylation sites (N-methyl/N-ethyl adjacent to an activating group) is 1. The smallest absolute Gasteiger partial charge is 0.128 e. The van der Waals surface area contributed by atoms with Crippen molar-refractivity contribution in [1.29, 1.82) is 0 Å². The maximum Gasteiger partial charge on any atom is 0.128 e. The summed E-state index contributed by atoms with van der Waals surface area (Å²) in [5.74, 6) is -0.0948. The summed E-state index contributed by atoms with van der Waals surface area (Å²) in [5, 5.41) is 3.33. The standard InChI is InChI=1S/C15H22FN3/c1-11-3-4-13(16)12(9-11)15(17-2)14-10-18-5-7-19(14)8-6-18/h3-4,9,14-15,17H,5-8,10H2,1-2H3. The number of halogens is 1. The number of hydrogen-bond acceptors (Lipinski definition) is 3. The number of hydrogen-bond donors (Lipinski definition) is 1. The van der Waals surface area contributed by atoms with Gasteiger partial charge in [-0.25, -0.2) is 4.39 Å². The summed E-state index contributed by atoms with van der Waals surface area (Å²) in [6.45, 7) is 7.59. The molecule has 19 heavy (non-hydrogen) atoms. The Morgan fingerprint density at radius 3 is 2.58 bits per heavy atom. The van der Waals surface area contributed by atoms with Crippen molar-refractivity contribution in [2.75, 3.05) is 39.8 Å². The second kappa shape index (κ2) is 5.19. The van der Waals surface area contributed by atoms with Gasteiger partial charge in [-0.1, -0.05) is 17.7 Å². The highest BCUT2D eigenvalue weighted by molar-refractivity contribution is 5.28. The zero-order valence-electron chi connectivity index (χ0n) is 11.7. The number of nitrogens with one attached hydrogen (secondary N) is 1. The predicted octanol–water partition coefficient (Wildman–Crippen LogP) is 1.39. The molecule has 0 aliphatic carbocycles. The molecule has 0 aromatic heterocycles. The van der Waals surface area contributed by atoms with Crippen LogP contribution in [-0.4, -0.2) is 55.6 Å². The van der Waals surface area contributed by atoms with Crippen molar-refractivity contribution in [2.45, 2.75) is 19.0 Å². The summed E-state index contributed by atoms with van der Waals surface area (Å²) in [6.07, 6.45) is 0. The third-order valence-corrected chi connectivity index (χ3v) is 4.50. The average Bonchev–Trinajstić information content (AvgIpc) is 2.45. The molecule has 4 heteroatoms. The Morgan fingerprint density at radius 2 is 2.00 bits per heavy atom. The third-order valence-electron chi connectivity index (χ3n) is 4.50. The van der Waals surface area contributed by atoms with E-state index >= 15 is 0 Å². The van der Waals surface area contributed by atoms with E-state index in [1.807, 2.05) is 26.1 Å². The molecular formula is C15H22FN3. The van der Waals surface area contributed by atoms with Gasteiger partial charge < -0.3 is 5.32 Å².